The third-order valence-electron chi connectivity index (χ3n) is 4.64. The van der Waals surface area contributed by atoms with Gasteiger partial charge in [0, 0.05) is 30.6 Å². The standard InChI is InChI=1S/C20H21N3O4S2/c1-2-7-23-19(25)17-14(15-6-4-9-27-15)11-28-18(17)22-20(23)29-12-16(24)21-10-13-5-3-8-26-13/h2,4,6,9,11,13H,1,3,5,7-8,10,12H2,(H,21,24)/t13-/m1/s1. The van der Waals surface area contributed by atoms with Gasteiger partial charge < -0.3 is 14.5 Å². The van der Waals surface area contributed by atoms with Gasteiger partial charge in [-0.25, -0.2) is 4.98 Å². The van der Waals surface area contributed by atoms with E-state index >= 15 is 0 Å². The molecule has 1 saturated heterocycles. The van der Waals surface area contributed by atoms with E-state index in [1.54, 1.807) is 23.0 Å². The number of hydrogen-bond acceptors (Lipinski definition) is 7. The molecule has 0 aromatic carbocycles. The van der Waals surface area contributed by atoms with Crippen LogP contribution < -0.4 is 10.9 Å². The molecule has 4 heterocycles. The number of aromatic nitrogens is 2. The summed E-state index contributed by atoms with van der Waals surface area (Å²) >= 11 is 2.64. The van der Waals surface area contributed by atoms with Crippen molar-refractivity contribution in [1.82, 2.24) is 14.9 Å². The highest BCUT2D eigenvalue weighted by molar-refractivity contribution is 7.99. The lowest BCUT2D eigenvalue weighted by atomic mass is 10.2. The molecule has 1 aliphatic rings. The molecule has 1 aliphatic heterocycles. The average molecular weight is 432 g/mol. The number of carbonyl (C=O) groups is 1. The fourth-order valence-electron chi connectivity index (χ4n) is 3.23. The van der Waals surface area contributed by atoms with Gasteiger partial charge in [0.25, 0.3) is 5.56 Å². The smallest absolute Gasteiger partial charge is 0.263 e. The van der Waals surface area contributed by atoms with Crippen molar-refractivity contribution in [2.75, 3.05) is 18.9 Å². The highest BCUT2D eigenvalue weighted by Gasteiger charge is 2.20. The number of carbonyl (C=O) groups excluding carboxylic acids is 1. The number of ether oxygens (including phenoxy) is 1. The molecule has 9 heteroatoms. The zero-order valence-electron chi connectivity index (χ0n) is 15.8. The van der Waals surface area contributed by atoms with Crippen molar-refractivity contribution in [1.29, 1.82) is 0 Å². The Bertz CT molecular complexity index is 1070. The van der Waals surface area contributed by atoms with Crippen molar-refractivity contribution in [3.63, 3.8) is 0 Å². The summed E-state index contributed by atoms with van der Waals surface area (Å²) in [4.78, 5) is 30.7. The van der Waals surface area contributed by atoms with Crippen molar-refractivity contribution < 1.29 is 13.9 Å². The Morgan fingerprint density at radius 1 is 1.52 bits per heavy atom. The molecule has 1 fully saturated rings. The topological polar surface area (TPSA) is 86.4 Å². The number of nitrogens with one attached hydrogen (secondary N) is 1. The molecule has 0 aliphatic carbocycles. The molecule has 0 radical (unpaired) electrons. The summed E-state index contributed by atoms with van der Waals surface area (Å²) in [6.07, 6.45) is 5.33. The van der Waals surface area contributed by atoms with Gasteiger partial charge in [0.15, 0.2) is 5.16 Å². The first-order chi connectivity index (χ1) is 14.2. The van der Waals surface area contributed by atoms with Crippen LogP contribution in [0.3, 0.4) is 0 Å². The maximum atomic E-state index is 13.2. The first-order valence-electron chi connectivity index (χ1n) is 9.35. The number of nitrogens with zero attached hydrogens (tertiary/aromatic N) is 2. The van der Waals surface area contributed by atoms with Crippen molar-refractivity contribution in [3.8, 4) is 11.3 Å². The minimum Gasteiger partial charge on any atom is -0.464 e. The van der Waals surface area contributed by atoms with Gasteiger partial charge in [-0.2, -0.15) is 0 Å². The minimum absolute atomic E-state index is 0.100. The van der Waals surface area contributed by atoms with Gasteiger partial charge in [0.05, 0.1) is 23.5 Å². The Morgan fingerprint density at radius 2 is 2.41 bits per heavy atom. The van der Waals surface area contributed by atoms with Crippen molar-refractivity contribution in [2.45, 2.75) is 30.6 Å². The van der Waals surface area contributed by atoms with Gasteiger partial charge in [-0.1, -0.05) is 17.8 Å². The number of amides is 1. The van der Waals surface area contributed by atoms with E-state index in [-0.39, 0.29) is 23.3 Å². The van der Waals surface area contributed by atoms with Crippen molar-refractivity contribution in [2.24, 2.45) is 0 Å². The maximum absolute atomic E-state index is 13.2. The van der Waals surface area contributed by atoms with Crippen LogP contribution in [0.2, 0.25) is 0 Å². The molecule has 0 bridgehead atoms. The van der Waals surface area contributed by atoms with Crippen molar-refractivity contribution in [3.05, 3.63) is 46.8 Å². The molecule has 0 unspecified atom stereocenters. The van der Waals surface area contributed by atoms with Crippen LogP contribution in [-0.4, -0.2) is 40.5 Å². The lowest BCUT2D eigenvalue weighted by molar-refractivity contribution is -0.119. The SMILES string of the molecule is C=CCn1c(SCC(=O)NC[C@H]2CCCO2)nc2scc(-c3ccco3)c2c1=O. The summed E-state index contributed by atoms with van der Waals surface area (Å²) < 4.78 is 12.5. The molecule has 4 rings (SSSR count). The van der Waals surface area contributed by atoms with Crippen LogP contribution in [-0.2, 0) is 16.1 Å². The number of fused-ring (bicyclic) bond motifs is 1. The number of allylic oxidation sites excluding steroid dienone is 1. The number of thiophene rings is 1. The summed E-state index contributed by atoms with van der Waals surface area (Å²) in [6, 6.07) is 3.60. The highest BCUT2D eigenvalue weighted by atomic mass is 32.2. The molecule has 152 valence electrons. The quantitative estimate of drug-likeness (QED) is 0.335. The summed E-state index contributed by atoms with van der Waals surface area (Å²) in [5, 5.41) is 5.79. The van der Waals surface area contributed by atoms with Crippen molar-refractivity contribution >= 4 is 39.2 Å². The first kappa shape index (κ1) is 19.9. The summed E-state index contributed by atoms with van der Waals surface area (Å²) in [7, 11) is 0. The third-order valence-corrected chi connectivity index (χ3v) is 6.49. The van der Waals surface area contributed by atoms with Crippen LogP contribution in [0.1, 0.15) is 12.8 Å². The first-order valence-corrected chi connectivity index (χ1v) is 11.2. The van der Waals surface area contributed by atoms with Crippen LogP contribution in [0, 0.1) is 0 Å². The molecule has 1 atom stereocenters. The second-order valence-electron chi connectivity index (χ2n) is 6.63. The van der Waals surface area contributed by atoms with Crippen LogP contribution in [0.25, 0.3) is 21.5 Å². The third kappa shape index (κ3) is 4.31. The molecule has 3 aromatic rings. The van der Waals surface area contributed by atoms with Crippen LogP contribution in [0.5, 0.6) is 0 Å². The van der Waals surface area contributed by atoms with Gasteiger partial charge >= 0.3 is 0 Å². The van der Waals surface area contributed by atoms with E-state index in [0.29, 0.717) is 34.2 Å². The molecule has 0 saturated carbocycles. The molecule has 29 heavy (non-hydrogen) atoms. The van der Waals surface area contributed by atoms with E-state index in [2.05, 4.69) is 16.9 Å². The second-order valence-corrected chi connectivity index (χ2v) is 8.43. The predicted octanol–water partition coefficient (Wildman–Crippen LogP) is 3.29. The molecule has 0 spiro atoms. The molecule has 7 nitrogen and oxygen atoms in total. The maximum Gasteiger partial charge on any atom is 0.263 e. The van der Waals surface area contributed by atoms with Gasteiger partial charge in [-0.3, -0.25) is 14.2 Å². The normalized spacial score (nSPS) is 16.3. The number of furan rings is 1. The Kier molecular flexibility index (Phi) is 6.17. The molecule has 1 N–H and O–H groups in total. The second kappa shape index (κ2) is 8.98. The van der Waals surface area contributed by atoms with E-state index < -0.39 is 0 Å². The van der Waals surface area contributed by atoms with E-state index in [0.717, 1.165) is 25.0 Å². The largest absolute Gasteiger partial charge is 0.464 e. The zero-order chi connectivity index (χ0) is 20.2. The fourth-order valence-corrected chi connectivity index (χ4v) is 5.04. The van der Waals surface area contributed by atoms with E-state index in [1.165, 1.54) is 23.1 Å². The monoisotopic (exact) mass is 431 g/mol. The van der Waals surface area contributed by atoms with E-state index in [4.69, 9.17) is 9.15 Å². The molecular weight excluding hydrogens is 410 g/mol. The van der Waals surface area contributed by atoms with Crippen LogP contribution in [0.4, 0.5) is 0 Å². The highest BCUT2D eigenvalue weighted by Crippen LogP contribution is 2.32. The fraction of sp³-hybridized carbons (Fsp3) is 0.350. The Balaban J connectivity index is 1.55. The van der Waals surface area contributed by atoms with Gasteiger partial charge in [0.2, 0.25) is 5.91 Å². The predicted molar refractivity (Wildman–Crippen MR) is 114 cm³/mol. The summed E-state index contributed by atoms with van der Waals surface area (Å²) in [6.45, 7) is 5.33. The zero-order valence-corrected chi connectivity index (χ0v) is 17.4. The van der Waals surface area contributed by atoms with Crippen LogP contribution in [0.15, 0.2) is 50.8 Å². The molecule has 3 aromatic heterocycles. The molecular formula is C20H21N3O4S2. The molecule has 1 amide bonds. The Labute approximate surface area is 175 Å². The summed E-state index contributed by atoms with van der Waals surface area (Å²) in [5.74, 6) is 0.708. The average Bonchev–Trinajstić information content (AvgIpc) is 3.47. The number of thioether (sulfide) groups is 1. The van der Waals surface area contributed by atoms with E-state index in [9.17, 15) is 9.59 Å². The minimum atomic E-state index is -0.162. The van der Waals surface area contributed by atoms with Gasteiger partial charge in [0.1, 0.15) is 10.6 Å². The van der Waals surface area contributed by atoms with Gasteiger partial charge in [-0.05, 0) is 25.0 Å². The summed E-state index contributed by atoms with van der Waals surface area (Å²) in [5.41, 5.74) is 0.570. The van der Waals surface area contributed by atoms with E-state index in [1.807, 2.05) is 11.4 Å². The number of hydrogen-bond donors (Lipinski definition) is 1. The number of rotatable bonds is 8. The lowest BCUT2D eigenvalue weighted by Gasteiger charge is -2.12. The lowest BCUT2D eigenvalue weighted by Crippen LogP contribution is -2.33. The van der Waals surface area contributed by atoms with Gasteiger partial charge in [-0.15, -0.1) is 17.9 Å². The Hall–Kier alpha value is -2.36. The Morgan fingerprint density at radius 3 is 3.14 bits per heavy atom. The van der Waals surface area contributed by atoms with Crippen LogP contribution >= 0.6 is 23.1 Å².